The lowest BCUT2D eigenvalue weighted by atomic mass is 9.91. The maximum Gasteiger partial charge on any atom is 0.410 e. The van der Waals surface area contributed by atoms with Crippen molar-refractivity contribution in [3.05, 3.63) is 0 Å². The average Bonchev–Trinajstić information content (AvgIpc) is 2.26. The van der Waals surface area contributed by atoms with Crippen LogP contribution in [0.15, 0.2) is 0 Å². The Morgan fingerprint density at radius 3 is 2.40 bits per heavy atom. The van der Waals surface area contributed by atoms with Crippen molar-refractivity contribution in [2.75, 3.05) is 13.1 Å². The molecule has 0 N–H and O–H groups in total. The number of alkyl halides is 2. The molecule has 0 aromatic heterocycles. The molecule has 1 atom stereocenters. The van der Waals surface area contributed by atoms with Crippen LogP contribution >= 0.6 is 0 Å². The Hall–Kier alpha value is -1.20. The van der Waals surface area contributed by atoms with Gasteiger partial charge in [0.25, 0.3) is 0 Å². The van der Waals surface area contributed by atoms with E-state index < -0.39 is 29.8 Å². The summed E-state index contributed by atoms with van der Waals surface area (Å²) in [5.74, 6) is -4.79. The number of nitrogens with zero attached hydrogens (tertiary/aromatic N) is 1. The van der Waals surface area contributed by atoms with Crippen LogP contribution in [0.1, 0.15) is 47.0 Å². The largest absolute Gasteiger partial charge is 0.444 e. The fraction of sp³-hybridized carbons (Fsp3) is 0.857. The van der Waals surface area contributed by atoms with Crippen LogP contribution in [0.3, 0.4) is 0 Å². The van der Waals surface area contributed by atoms with Gasteiger partial charge in [-0.05, 0) is 39.5 Å². The van der Waals surface area contributed by atoms with E-state index in [1.54, 1.807) is 20.8 Å². The Morgan fingerprint density at radius 1 is 1.30 bits per heavy atom. The summed E-state index contributed by atoms with van der Waals surface area (Å²) >= 11 is 0. The summed E-state index contributed by atoms with van der Waals surface area (Å²) in [5, 5.41) is 0. The van der Waals surface area contributed by atoms with Crippen LogP contribution in [0.4, 0.5) is 13.6 Å². The van der Waals surface area contributed by atoms with Crippen LogP contribution in [0.5, 0.6) is 0 Å². The van der Waals surface area contributed by atoms with Crippen LogP contribution in [0.25, 0.3) is 0 Å². The smallest absolute Gasteiger partial charge is 0.410 e. The number of piperidine rings is 1. The van der Waals surface area contributed by atoms with Gasteiger partial charge in [-0.15, -0.1) is 0 Å². The highest BCUT2D eigenvalue weighted by Crippen LogP contribution is 2.30. The van der Waals surface area contributed by atoms with Crippen LogP contribution in [0.2, 0.25) is 0 Å². The van der Waals surface area contributed by atoms with E-state index >= 15 is 0 Å². The molecule has 0 aliphatic carbocycles. The normalized spacial score (nSPS) is 20.7. The Labute approximate surface area is 118 Å². The lowest BCUT2D eigenvalue weighted by Gasteiger charge is -2.35. The lowest BCUT2D eigenvalue weighted by Crippen LogP contribution is -2.44. The van der Waals surface area contributed by atoms with Crippen LogP contribution in [-0.2, 0) is 9.53 Å². The Kier molecular flexibility index (Phi) is 5.10. The van der Waals surface area contributed by atoms with E-state index in [1.165, 1.54) is 4.90 Å². The van der Waals surface area contributed by atoms with E-state index in [0.29, 0.717) is 19.4 Å². The van der Waals surface area contributed by atoms with Crippen molar-refractivity contribution in [1.29, 1.82) is 0 Å². The topological polar surface area (TPSA) is 46.6 Å². The van der Waals surface area contributed by atoms with E-state index in [2.05, 4.69) is 0 Å². The van der Waals surface area contributed by atoms with Gasteiger partial charge in [-0.3, -0.25) is 4.79 Å². The molecule has 0 bridgehead atoms. The number of hydrogen-bond acceptors (Lipinski definition) is 3. The van der Waals surface area contributed by atoms with Gasteiger partial charge >= 0.3 is 12.0 Å². The fourth-order valence-corrected chi connectivity index (χ4v) is 2.23. The van der Waals surface area contributed by atoms with Crippen LogP contribution in [0, 0.1) is 5.92 Å². The van der Waals surface area contributed by atoms with Gasteiger partial charge in [0.15, 0.2) is 5.78 Å². The quantitative estimate of drug-likeness (QED) is 0.802. The van der Waals surface area contributed by atoms with E-state index in [1.807, 2.05) is 0 Å². The molecule has 1 heterocycles. The summed E-state index contributed by atoms with van der Waals surface area (Å²) in [6, 6.07) is 0. The number of carbonyl (C=O) groups excluding carboxylic acids is 2. The predicted molar refractivity (Wildman–Crippen MR) is 70.8 cm³/mol. The second kappa shape index (κ2) is 6.06. The number of hydrogen-bond donors (Lipinski definition) is 0. The predicted octanol–water partition coefficient (Wildman–Crippen LogP) is 3.25. The number of likely N-dealkylation sites (tertiary alicyclic amines) is 1. The first kappa shape index (κ1) is 16.9. The molecule has 0 saturated carbocycles. The second-order valence-electron chi connectivity index (χ2n) is 6.40. The molecule has 1 amide bonds. The van der Waals surface area contributed by atoms with Gasteiger partial charge in [-0.1, -0.05) is 0 Å². The number of Topliss-reactive ketones (excluding diaryl/α,β-unsaturated/α-hetero) is 1. The molecule has 116 valence electrons. The number of halogens is 2. The molecule has 1 rings (SSSR count). The van der Waals surface area contributed by atoms with Crippen molar-refractivity contribution in [2.45, 2.75) is 58.5 Å². The molecule has 1 aliphatic heterocycles. The van der Waals surface area contributed by atoms with Crippen molar-refractivity contribution in [1.82, 2.24) is 4.90 Å². The lowest BCUT2D eigenvalue weighted by molar-refractivity contribution is -0.143. The Bertz CT molecular complexity index is 377. The zero-order valence-corrected chi connectivity index (χ0v) is 12.5. The number of ketones is 1. The molecule has 1 fully saturated rings. The third-order valence-electron chi connectivity index (χ3n) is 3.23. The van der Waals surface area contributed by atoms with Crippen molar-refractivity contribution >= 4 is 11.9 Å². The third kappa shape index (κ3) is 5.06. The first-order valence-corrected chi connectivity index (χ1v) is 6.88. The minimum atomic E-state index is -3.30. The summed E-state index contributed by atoms with van der Waals surface area (Å²) in [4.78, 5) is 24.2. The number of ether oxygens (including phenoxy) is 1. The zero-order valence-electron chi connectivity index (χ0n) is 12.5. The van der Waals surface area contributed by atoms with Crippen LogP contribution < -0.4 is 0 Å². The molecule has 4 nitrogen and oxygen atoms in total. The van der Waals surface area contributed by atoms with Gasteiger partial charge in [-0.25, -0.2) is 4.79 Å². The molecule has 0 spiro atoms. The molecule has 0 aromatic rings. The summed E-state index contributed by atoms with van der Waals surface area (Å²) in [5.41, 5.74) is -0.604. The van der Waals surface area contributed by atoms with Crippen molar-refractivity contribution in [3.8, 4) is 0 Å². The fourth-order valence-electron chi connectivity index (χ4n) is 2.23. The minimum absolute atomic E-state index is 0.220. The van der Waals surface area contributed by atoms with E-state index in [4.69, 9.17) is 4.74 Å². The van der Waals surface area contributed by atoms with Crippen molar-refractivity contribution in [2.24, 2.45) is 5.92 Å². The van der Waals surface area contributed by atoms with Gasteiger partial charge in [0, 0.05) is 26.4 Å². The molecule has 6 heteroatoms. The minimum Gasteiger partial charge on any atom is -0.444 e. The molecule has 0 aromatic carbocycles. The van der Waals surface area contributed by atoms with E-state index in [-0.39, 0.29) is 12.5 Å². The molecular weight excluding hydrogens is 268 g/mol. The summed E-state index contributed by atoms with van der Waals surface area (Å²) in [6.45, 7) is 6.91. The molecule has 1 aliphatic rings. The molecular formula is C14H23F2NO3. The molecule has 1 unspecified atom stereocenters. The van der Waals surface area contributed by atoms with Gasteiger partial charge < -0.3 is 9.64 Å². The van der Waals surface area contributed by atoms with Gasteiger partial charge in [0.1, 0.15) is 5.60 Å². The Morgan fingerprint density at radius 2 is 1.90 bits per heavy atom. The number of amides is 1. The Balaban J connectivity index is 2.59. The second-order valence-corrected chi connectivity index (χ2v) is 6.40. The van der Waals surface area contributed by atoms with Crippen molar-refractivity contribution in [3.63, 3.8) is 0 Å². The van der Waals surface area contributed by atoms with Gasteiger partial charge in [0.05, 0.1) is 0 Å². The average molecular weight is 291 g/mol. The number of carbonyl (C=O) groups is 2. The maximum atomic E-state index is 13.4. The maximum absolute atomic E-state index is 13.4. The van der Waals surface area contributed by atoms with E-state index in [0.717, 1.165) is 6.92 Å². The SMILES string of the molecule is CC(=O)C(F)(F)CC1CCCN(C(=O)OC(C)(C)C)C1. The molecule has 0 radical (unpaired) electrons. The third-order valence-corrected chi connectivity index (χ3v) is 3.23. The standard InChI is InChI=1S/C14H23F2NO3/c1-10(18)14(15,16)8-11-6-5-7-17(9-11)12(19)20-13(2,3)4/h11H,5-9H2,1-4H3. The summed E-state index contributed by atoms with van der Waals surface area (Å²) in [6.07, 6.45) is 0.273. The molecule has 1 saturated heterocycles. The van der Waals surface area contributed by atoms with Crippen LogP contribution in [-0.4, -0.2) is 41.4 Å². The summed E-state index contributed by atoms with van der Waals surface area (Å²) < 4.78 is 32.1. The van der Waals surface area contributed by atoms with Gasteiger partial charge in [0.2, 0.25) is 0 Å². The highest BCUT2D eigenvalue weighted by atomic mass is 19.3. The highest BCUT2D eigenvalue weighted by Gasteiger charge is 2.39. The monoisotopic (exact) mass is 291 g/mol. The highest BCUT2D eigenvalue weighted by molar-refractivity contribution is 5.83. The number of rotatable bonds is 3. The zero-order chi connectivity index (χ0) is 15.6. The van der Waals surface area contributed by atoms with E-state index in [9.17, 15) is 18.4 Å². The first-order valence-electron chi connectivity index (χ1n) is 6.88. The van der Waals surface area contributed by atoms with Crippen molar-refractivity contribution < 1.29 is 23.1 Å². The first-order chi connectivity index (χ1) is 9.01. The summed E-state index contributed by atoms with van der Waals surface area (Å²) in [7, 11) is 0. The van der Waals surface area contributed by atoms with Gasteiger partial charge in [-0.2, -0.15) is 8.78 Å². The molecule has 20 heavy (non-hydrogen) atoms.